The van der Waals surface area contributed by atoms with Crippen molar-refractivity contribution in [3.8, 4) is 11.1 Å². The molecule has 2 heterocycles. The van der Waals surface area contributed by atoms with E-state index in [4.69, 9.17) is 0 Å². The molecule has 1 aromatic heterocycles. The molecule has 23 heavy (non-hydrogen) atoms. The Kier molecular flexibility index (Phi) is 2.72. The van der Waals surface area contributed by atoms with Crippen LogP contribution in [-0.4, -0.2) is 0 Å². The smallest absolute Gasteiger partial charge is 0.187 e. The second kappa shape index (κ2) is 4.79. The number of para-hydroxylation sites is 1. The first kappa shape index (κ1) is 13.1. The third-order valence-corrected chi connectivity index (χ3v) is 5.49. The number of aromatic nitrogens is 1. The highest BCUT2D eigenvalue weighted by Gasteiger charge is 2.36. The zero-order valence-corrected chi connectivity index (χ0v) is 13.5. The molecule has 0 unspecified atom stereocenters. The molecule has 0 radical (unpaired) electrons. The van der Waals surface area contributed by atoms with Crippen molar-refractivity contribution in [2.45, 2.75) is 32.7 Å². The molecule has 112 valence electrons. The molecule has 2 aromatic carbocycles. The minimum absolute atomic E-state index is 1.10. The molecule has 0 saturated carbocycles. The van der Waals surface area contributed by atoms with Crippen molar-refractivity contribution in [3.05, 3.63) is 71.4 Å². The second-order valence-electron chi connectivity index (χ2n) is 6.75. The van der Waals surface area contributed by atoms with Crippen molar-refractivity contribution in [3.63, 3.8) is 0 Å². The Balaban J connectivity index is 1.92. The average Bonchev–Trinajstić information content (AvgIpc) is 3.17. The third kappa shape index (κ3) is 1.77. The van der Waals surface area contributed by atoms with E-state index in [0.29, 0.717) is 0 Å². The van der Waals surface area contributed by atoms with E-state index in [1.165, 1.54) is 52.5 Å². The van der Waals surface area contributed by atoms with Crippen LogP contribution >= 0.6 is 0 Å². The van der Waals surface area contributed by atoms with Gasteiger partial charge in [0, 0.05) is 28.3 Å². The molecule has 1 heteroatoms. The maximum Gasteiger partial charge on any atom is 0.213 e. The number of pyridine rings is 1. The van der Waals surface area contributed by atoms with Gasteiger partial charge >= 0.3 is 0 Å². The molecule has 1 aliphatic carbocycles. The lowest BCUT2D eigenvalue weighted by Crippen LogP contribution is -2.37. The fourth-order valence-electron chi connectivity index (χ4n) is 4.55. The average molecular weight is 298 g/mol. The minimum atomic E-state index is 1.10. The summed E-state index contributed by atoms with van der Waals surface area (Å²) in [6.07, 6.45) is 3.87. The van der Waals surface area contributed by atoms with Gasteiger partial charge in [-0.25, -0.2) is 0 Å². The lowest BCUT2D eigenvalue weighted by atomic mass is 9.93. The summed E-state index contributed by atoms with van der Waals surface area (Å²) >= 11 is 0. The maximum atomic E-state index is 2.56. The lowest BCUT2D eigenvalue weighted by molar-refractivity contribution is -0.661. The highest BCUT2D eigenvalue weighted by molar-refractivity contribution is 5.96. The van der Waals surface area contributed by atoms with Crippen molar-refractivity contribution >= 4 is 16.5 Å². The predicted molar refractivity (Wildman–Crippen MR) is 95.1 cm³/mol. The van der Waals surface area contributed by atoms with E-state index >= 15 is 0 Å². The van der Waals surface area contributed by atoms with Crippen LogP contribution in [0, 0.1) is 6.92 Å². The third-order valence-electron chi connectivity index (χ3n) is 5.49. The standard InChI is InChI=1S/C22H20N/c1-15-21(16-8-3-2-4-9-16)19-11-5-6-13-20(19)23-14-17-10-7-12-18(17)22(15)23/h2-6,8-9,11,13H,7,10,12,14H2,1H3/q+1. The zero-order chi connectivity index (χ0) is 15.4. The molecule has 2 aliphatic rings. The van der Waals surface area contributed by atoms with Crippen LogP contribution in [-0.2, 0) is 6.54 Å². The van der Waals surface area contributed by atoms with Gasteiger partial charge in [-0.15, -0.1) is 0 Å². The Bertz CT molecular complexity index is 964. The number of benzene rings is 2. The fraction of sp³-hybridized carbons (Fsp3) is 0.227. The number of hydrogen-bond acceptors (Lipinski definition) is 0. The van der Waals surface area contributed by atoms with E-state index in [9.17, 15) is 0 Å². The minimum Gasteiger partial charge on any atom is -0.187 e. The Morgan fingerprint density at radius 3 is 2.52 bits per heavy atom. The molecule has 5 rings (SSSR count). The number of allylic oxidation sites excluding steroid dienone is 2. The summed E-state index contributed by atoms with van der Waals surface area (Å²) < 4.78 is 2.56. The van der Waals surface area contributed by atoms with E-state index in [0.717, 1.165) is 6.54 Å². The Labute approximate surface area is 136 Å². The van der Waals surface area contributed by atoms with Gasteiger partial charge in [0.1, 0.15) is 0 Å². The predicted octanol–water partition coefficient (Wildman–Crippen LogP) is 5.05. The first-order valence-corrected chi connectivity index (χ1v) is 8.56. The molecular formula is C22H20N+. The first-order chi connectivity index (χ1) is 11.3. The van der Waals surface area contributed by atoms with E-state index in [2.05, 4.69) is 66.1 Å². The van der Waals surface area contributed by atoms with Crippen molar-refractivity contribution in [2.24, 2.45) is 0 Å². The number of fused-ring (bicyclic) bond motifs is 4. The summed E-state index contributed by atoms with van der Waals surface area (Å²) in [6.45, 7) is 3.41. The highest BCUT2D eigenvalue weighted by Crippen LogP contribution is 2.42. The van der Waals surface area contributed by atoms with Gasteiger partial charge in [0.05, 0.1) is 5.39 Å². The van der Waals surface area contributed by atoms with Crippen LogP contribution in [0.15, 0.2) is 60.2 Å². The molecule has 0 atom stereocenters. The van der Waals surface area contributed by atoms with E-state index in [1.807, 2.05) is 0 Å². The topological polar surface area (TPSA) is 3.88 Å². The van der Waals surface area contributed by atoms with Crippen LogP contribution in [0.2, 0.25) is 0 Å². The van der Waals surface area contributed by atoms with Gasteiger partial charge in [-0.1, -0.05) is 42.5 Å². The largest absolute Gasteiger partial charge is 0.213 e. The van der Waals surface area contributed by atoms with Gasteiger partial charge in [-0.05, 0) is 37.8 Å². The molecule has 0 fully saturated rings. The van der Waals surface area contributed by atoms with Gasteiger partial charge in [-0.2, -0.15) is 4.57 Å². The van der Waals surface area contributed by atoms with Crippen LogP contribution in [0.4, 0.5) is 0 Å². The van der Waals surface area contributed by atoms with Crippen LogP contribution in [0.1, 0.15) is 30.5 Å². The van der Waals surface area contributed by atoms with Gasteiger partial charge < -0.3 is 0 Å². The van der Waals surface area contributed by atoms with Crippen molar-refractivity contribution in [1.82, 2.24) is 0 Å². The molecule has 3 aromatic rings. The summed E-state index contributed by atoms with van der Waals surface area (Å²) in [7, 11) is 0. The fourth-order valence-corrected chi connectivity index (χ4v) is 4.55. The molecule has 0 saturated heterocycles. The highest BCUT2D eigenvalue weighted by atomic mass is 15.0. The van der Waals surface area contributed by atoms with Crippen LogP contribution in [0.25, 0.3) is 27.6 Å². The lowest BCUT2D eigenvalue weighted by Gasteiger charge is -2.13. The van der Waals surface area contributed by atoms with Crippen LogP contribution in [0.3, 0.4) is 0 Å². The van der Waals surface area contributed by atoms with E-state index in [-0.39, 0.29) is 0 Å². The summed E-state index contributed by atoms with van der Waals surface area (Å²) in [4.78, 5) is 0. The summed E-state index contributed by atoms with van der Waals surface area (Å²) in [5.74, 6) is 0. The molecular weight excluding hydrogens is 278 g/mol. The first-order valence-electron chi connectivity index (χ1n) is 8.56. The molecule has 0 N–H and O–H groups in total. The van der Waals surface area contributed by atoms with Gasteiger partial charge in [0.25, 0.3) is 0 Å². The summed E-state index contributed by atoms with van der Waals surface area (Å²) in [6, 6.07) is 19.8. The summed E-state index contributed by atoms with van der Waals surface area (Å²) in [5.41, 5.74) is 10.4. The van der Waals surface area contributed by atoms with Crippen molar-refractivity contribution in [2.75, 3.05) is 0 Å². The molecule has 0 bridgehead atoms. The van der Waals surface area contributed by atoms with Gasteiger partial charge in [-0.3, -0.25) is 0 Å². The Morgan fingerprint density at radius 2 is 1.65 bits per heavy atom. The zero-order valence-electron chi connectivity index (χ0n) is 13.5. The Morgan fingerprint density at radius 1 is 0.870 bits per heavy atom. The molecule has 0 amide bonds. The van der Waals surface area contributed by atoms with E-state index < -0.39 is 0 Å². The maximum absolute atomic E-state index is 2.56. The van der Waals surface area contributed by atoms with Crippen molar-refractivity contribution in [1.29, 1.82) is 0 Å². The monoisotopic (exact) mass is 298 g/mol. The quantitative estimate of drug-likeness (QED) is 0.553. The SMILES string of the molecule is Cc1c(-c2ccccc2)c2ccccc2[n+]2c1C1=C(CCC1)C2. The number of rotatable bonds is 1. The van der Waals surface area contributed by atoms with Crippen LogP contribution in [0.5, 0.6) is 0 Å². The number of hydrogen-bond donors (Lipinski definition) is 0. The molecule has 1 nitrogen and oxygen atoms in total. The van der Waals surface area contributed by atoms with E-state index in [1.54, 1.807) is 11.1 Å². The molecule has 1 aliphatic heterocycles. The van der Waals surface area contributed by atoms with Crippen LogP contribution < -0.4 is 4.57 Å². The Hall–Kier alpha value is -2.41. The summed E-state index contributed by atoms with van der Waals surface area (Å²) in [5, 5.41) is 1.38. The normalized spacial score (nSPS) is 16.0. The van der Waals surface area contributed by atoms with Gasteiger partial charge in [0.2, 0.25) is 11.2 Å². The second-order valence-corrected chi connectivity index (χ2v) is 6.75. The molecule has 0 spiro atoms. The van der Waals surface area contributed by atoms with Gasteiger partial charge in [0.15, 0.2) is 6.54 Å². The number of nitrogens with zero attached hydrogens (tertiary/aromatic N) is 1. The van der Waals surface area contributed by atoms with Crippen molar-refractivity contribution < 1.29 is 4.57 Å².